The van der Waals surface area contributed by atoms with Crippen molar-refractivity contribution in [3.05, 3.63) is 64.3 Å². The Balaban J connectivity index is 1.77. The molecule has 0 unspecified atom stereocenters. The predicted octanol–water partition coefficient (Wildman–Crippen LogP) is 4.85. The van der Waals surface area contributed by atoms with Gasteiger partial charge in [0.05, 0.1) is 0 Å². The van der Waals surface area contributed by atoms with Gasteiger partial charge in [0, 0.05) is 28.4 Å². The minimum Gasteiger partial charge on any atom is -0.380 e. The Bertz CT molecular complexity index is 716. The number of hydrogen-bond acceptors (Lipinski definition) is 1. The number of fused-ring (bicyclic) bond motifs is 1. The van der Waals surface area contributed by atoms with Crippen LogP contribution in [0.15, 0.2) is 53.1 Å². The first-order valence-corrected chi connectivity index (χ1v) is 7.08. The number of aryl methyl sites for hydroxylation is 1. The summed E-state index contributed by atoms with van der Waals surface area (Å²) in [5.41, 5.74) is 4.83. The van der Waals surface area contributed by atoms with Gasteiger partial charge in [-0.3, -0.25) is 0 Å². The van der Waals surface area contributed by atoms with Gasteiger partial charge in [-0.2, -0.15) is 0 Å². The summed E-state index contributed by atoms with van der Waals surface area (Å²) in [4.78, 5) is 3.24. The van der Waals surface area contributed by atoms with Crippen LogP contribution in [0.5, 0.6) is 0 Å². The highest BCUT2D eigenvalue weighted by Gasteiger charge is 2.01. The summed E-state index contributed by atoms with van der Waals surface area (Å²) >= 11 is 3.59. The predicted molar refractivity (Wildman–Crippen MR) is 84.5 cm³/mol. The van der Waals surface area contributed by atoms with E-state index in [1.807, 2.05) is 6.20 Å². The molecule has 0 saturated heterocycles. The molecule has 3 aromatic rings. The van der Waals surface area contributed by atoms with Crippen molar-refractivity contribution in [2.24, 2.45) is 0 Å². The fourth-order valence-electron chi connectivity index (χ4n) is 2.17. The Hall–Kier alpha value is -1.74. The summed E-state index contributed by atoms with van der Waals surface area (Å²) in [6.45, 7) is 2.91. The summed E-state index contributed by atoms with van der Waals surface area (Å²) in [7, 11) is 0. The third-order valence-electron chi connectivity index (χ3n) is 3.23. The van der Waals surface area contributed by atoms with Crippen LogP contribution >= 0.6 is 15.9 Å². The summed E-state index contributed by atoms with van der Waals surface area (Å²) in [6, 6.07) is 14.9. The number of anilines is 1. The third-order valence-corrected chi connectivity index (χ3v) is 3.88. The quantitative estimate of drug-likeness (QED) is 0.710. The molecule has 0 aliphatic heterocycles. The van der Waals surface area contributed by atoms with Gasteiger partial charge in [0.2, 0.25) is 0 Å². The number of benzene rings is 2. The molecule has 2 nitrogen and oxygen atoms in total. The first-order valence-electron chi connectivity index (χ1n) is 6.28. The maximum absolute atomic E-state index is 3.59. The molecule has 0 aliphatic carbocycles. The van der Waals surface area contributed by atoms with Gasteiger partial charge in [-0.05, 0) is 63.6 Å². The zero-order valence-corrected chi connectivity index (χ0v) is 12.3. The fraction of sp³-hybridized carbons (Fsp3) is 0.125. The van der Waals surface area contributed by atoms with E-state index < -0.39 is 0 Å². The van der Waals surface area contributed by atoms with Gasteiger partial charge < -0.3 is 10.3 Å². The van der Waals surface area contributed by atoms with Crippen molar-refractivity contribution in [3.8, 4) is 0 Å². The van der Waals surface area contributed by atoms with E-state index in [4.69, 9.17) is 0 Å². The Labute approximate surface area is 121 Å². The van der Waals surface area contributed by atoms with E-state index in [1.165, 1.54) is 22.0 Å². The zero-order chi connectivity index (χ0) is 13.2. The lowest BCUT2D eigenvalue weighted by molar-refractivity contribution is 1.15. The molecule has 3 heteroatoms. The molecule has 3 rings (SSSR count). The highest BCUT2D eigenvalue weighted by atomic mass is 79.9. The molecule has 0 fully saturated rings. The van der Waals surface area contributed by atoms with Gasteiger partial charge in [0.25, 0.3) is 0 Å². The third kappa shape index (κ3) is 2.66. The van der Waals surface area contributed by atoms with Crippen molar-refractivity contribution in [1.29, 1.82) is 0 Å². The largest absolute Gasteiger partial charge is 0.380 e. The molecule has 0 spiro atoms. The van der Waals surface area contributed by atoms with Crippen LogP contribution in [0.25, 0.3) is 10.9 Å². The molecule has 0 amide bonds. The number of halogens is 1. The molecular weight excluding hydrogens is 300 g/mol. The van der Waals surface area contributed by atoms with E-state index in [0.717, 1.165) is 16.7 Å². The molecule has 0 aliphatic rings. The SMILES string of the molecule is Cc1ccc(NCc2ccc3cc[nH]c3c2)c(Br)c1. The number of rotatable bonds is 3. The number of aromatic nitrogens is 1. The van der Waals surface area contributed by atoms with E-state index in [2.05, 4.69) is 75.6 Å². The summed E-state index contributed by atoms with van der Waals surface area (Å²) < 4.78 is 1.11. The molecule has 2 N–H and O–H groups in total. The van der Waals surface area contributed by atoms with E-state index >= 15 is 0 Å². The smallest absolute Gasteiger partial charge is 0.0487 e. The molecule has 96 valence electrons. The highest BCUT2D eigenvalue weighted by Crippen LogP contribution is 2.24. The molecule has 19 heavy (non-hydrogen) atoms. The van der Waals surface area contributed by atoms with E-state index in [-0.39, 0.29) is 0 Å². The molecule has 2 aromatic carbocycles. The van der Waals surface area contributed by atoms with Crippen molar-refractivity contribution in [2.75, 3.05) is 5.32 Å². The molecule has 0 bridgehead atoms. The van der Waals surface area contributed by atoms with Crippen LogP contribution in [0.4, 0.5) is 5.69 Å². The average molecular weight is 315 g/mol. The van der Waals surface area contributed by atoms with E-state index in [9.17, 15) is 0 Å². The van der Waals surface area contributed by atoms with Crippen LogP contribution in [-0.4, -0.2) is 4.98 Å². The maximum Gasteiger partial charge on any atom is 0.0487 e. The second-order valence-corrected chi connectivity index (χ2v) is 5.59. The lowest BCUT2D eigenvalue weighted by atomic mass is 10.1. The van der Waals surface area contributed by atoms with Gasteiger partial charge in [0.15, 0.2) is 0 Å². The lowest BCUT2D eigenvalue weighted by Gasteiger charge is -2.09. The minimum atomic E-state index is 0.816. The van der Waals surface area contributed by atoms with Gasteiger partial charge >= 0.3 is 0 Å². The van der Waals surface area contributed by atoms with Crippen LogP contribution in [0.3, 0.4) is 0 Å². The van der Waals surface area contributed by atoms with Gasteiger partial charge in [0.1, 0.15) is 0 Å². The number of H-pyrrole nitrogens is 1. The van der Waals surface area contributed by atoms with Crippen LogP contribution in [0.1, 0.15) is 11.1 Å². The first kappa shape index (κ1) is 12.3. The maximum atomic E-state index is 3.59. The Kier molecular flexibility index (Phi) is 3.30. The molecule has 0 saturated carbocycles. The van der Waals surface area contributed by atoms with Crippen LogP contribution in [0.2, 0.25) is 0 Å². The molecular formula is C16H15BrN2. The first-order chi connectivity index (χ1) is 9.22. The topological polar surface area (TPSA) is 27.8 Å². The monoisotopic (exact) mass is 314 g/mol. The van der Waals surface area contributed by atoms with Crippen LogP contribution < -0.4 is 5.32 Å². The Morgan fingerprint density at radius 2 is 2.00 bits per heavy atom. The second-order valence-electron chi connectivity index (χ2n) is 4.74. The average Bonchev–Trinajstić information content (AvgIpc) is 2.85. The molecule has 0 atom stereocenters. The van der Waals surface area contributed by atoms with Crippen molar-refractivity contribution in [1.82, 2.24) is 4.98 Å². The fourth-order valence-corrected chi connectivity index (χ4v) is 2.80. The van der Waals surface area contributed by atoms with E-state index in [1.54, 1.807) is 0 Å². The van der Waals surface area contributed by atoms with Gasteiger partial charge in [-0.1, -0.05) is 18.2 Å². The zero-order valence-electron chi connectivity index (χ0n) is 10.7. The van der Waals surface area contributed by atoms with Crippen LogP contribution in [0, 0.1) is 6.92 Å². The van der Waals surface area contributed by atoms with Crippen molar-refractivity contribution in [3.63, 3.8) is 0 Å². The normalized spacial score (nSPS) is 10.8. The second kappa shape index (κ2) is 5.10. The summed E-state index contributed by atoms with van der Waals surface area (Å²) in [5, 5.41) is 4.70. The summed E-state index contributed by atoms with van der Waals surface area (Å²) in [5.74, 6) is 0. The van der Waals surface area contributed by atoms with Crippen LogP contribution in [-0.2, 0) is 6.54 Å². The number of nitrogens with one attached hydrogen (secondary N) is 2. The van der Waals surface area contributed by atoms with Crippen molar-refractivity contribution >= 4 is 32.5 Å². The Morgan fingerprint density at radius 1 is 1.11 bits per heavy atom. The molecule has 0 radical (unpaired) electrons. The summed E-state index contributed by atoms with van der Waals surface area (Å²) in [6.07, 6.45) is 1.97. The number of aromatic amines is 1. The molecule has 1 aromatic heterocycles. The lowest BCUT2D eigenvalue weighted by Crippen LogP contribution is -2.00. The minimum absolute atomic E-state index is 0.816. The Morgan fingerprint density at radius 3 is 2.84 bits per heavy atom. The van der Waals surface area contributed by atoms with Gasteiger partial charge in [-0.25, -0.2) is 0 Å². The van der Waals surface area contributed by atoms with E-state index in [0.29, 0.717) is 0 Å². The standard InChI is InChI=1S/C16H15BrN2/c1-11-2-5-15(14(17)8-11)19-10-12-3-4-13-6-7-18-16(13)9-12/h2-9,18-19H,10H2,1H3. The molecule has 1 heterocycles. The number of hydrogen-bond donors (Lipinski definition) is 2. The van der Waals surface area contributed by atoms with Gasteiger partial charge in [-0.15, -0.1) is 0 Å². The highest BCUT2D eigenvalue weighted by molar-refractivity contribution is 9.10. The van der Waals surface area contributed by atoms with Crippen molar-refractivity contribution in [2.45, 2.75) is 13.5 Å². The van der Waals surface area contributed by atoms with Crippen molar-refractivity contribution < 1.29 is 0 Å².